The molecule has 2 aromatic heterocycles. The van der Waals surface area contributed by atoms with Gasteiger partial charge in [0.15, 0.2) is 11.6 Å². The maximum Gasteiger partial charge on any atom is 0.418 e. The number of rotatable bonds is 7. The molecule has 4 heterocycles. The van der Waals surface area contributed by atoms with Crippen molar-refractivity contribution in [1.82, 2.24) is 20.1 Å². The maximum absolute atomic E-state index is 13.1. The van der Waals surface area contributed by atoms with Crippen LogP contribution in [0.4, 0.5) is 24.7 Å². The molecule has 196 valence electrons. The SMILES string of the molecule is Cc1c(N[C@@H](C)COCCC(=O)N2CCN3c4ncc(C(F)(F)F)cc4OCC[C@@H]3C2)cn[nH]c1=O. The lowest BCUT2D eigenvalue weighted by Crippen LogP contribution is -2.55. The first kappa shape index (κ1) is 25.7. The molecule has 0 spiro atoms. The highest BCUT2D eigenvalue weighted by molar-refractivity contribution is 5.76. The number of H-pyrrole nitrogens is 1. The van der Waals surface area contributed by atoms with Gasteiger partial charge in [-0.25, -0.2) is 10.1 Å². The lowest BCUT2D eigenvalue weighted by atomic mass is 10.1. The molecule has 0 bridgehead atoms. The minimum absolute atomic E-state index is 0.0457. The molecule has 1 saturated heterocycles. The molecule has 10 nitrogen and oxygen atoms in total. The number of halogens is 3. The Hall–Kier alpha value is -3.35. The smallest absolute Gasteiger partial charge is 0.418 e. The number of hydrogen-bond donors (Lipinski definition) is 2. The molecule has 2 N–H and O–H groups in total. The van der Waals surface area contributed by atoms with Crippen LogP contribution in [-0.4, -0.2) is 77.5 Å². The molecule has 2 aliphatic heterocycles. The van der Waals surface area contributed by atoms with Crippen molar-refractivity contribution in [3.05, 3.63) is 39.9 Å². The Morgan fingerprint density at radius 3 is 2.94 bits per heavy atom. The number of fused-ring (bicyclic) bond motifs is 3. The van der Waals surface area contributed by atoms with Gasteiger partial charge in [-0.2, -0.15) is 18.3 Å². The van der Waals surface area contributed by atoms with Crippen molar-refractivity contribution < 1.29 is 27.4 Å². The zero-order chi connectivity index (χ0) is 25.9. The normalized spacial score (nSPS) is 18.5. The summed E-state index contributed by atoms with van der Waals surface area (Å²) in [6.45, 7) is 5.77. The standard InChI is InChI=1S/C23H29F3N6O4/c1-14(29-18-11-28-30-22(34)15(18)2)13-35-7-4-20(33)31-5-6-32-17(12-31)3-8-36-19-9-16(23(24,25)26)10-27-21(19)32/h9-11,14,17H,3-8,12-13H2,1-2H3,(H2,29,30,34)/t14-,17+/m0/s1. The van der Waals surface area contributed by atoms with E-state index in [1.807, 2.05) is 11.8 Å². The number of carbonyl (C=O) groups excluding carboxylic acids is 1. The molecule has 0 aliphatic carbocycles. The number of aromatic nitrogens is 3. The summed E-state index contributed by atoms with van der Waals surface area (Å²) in [5.41, 5.74) is 0.0576. The van der Waals surface area contributed by atoms with Crippen molar-refractivity contribution in [3.63, 3.8) is 0 Å². The summed E-state index contributed by atoms with van der Waals surface area (Å²) in [5, 5.41) is 9.32. The van der Waals surface area contributed by atoms with Gasteiger partial charge in [0.25, 0.3) is 5.56 Å². The lowest BCUT2D eigenvalue weighted by Gasteiger charge is -2.41. The molecular weight excluding hydrogens is 481 g/mol. The van der Waals surface area contributed by atoms with Gasteiger partial charge >= 0.3 is 6.18 Å². The monoisotopic (exact) mass is 510 g/mol. The molecule has 4 rings (SSSR count). The van der Waals surface area contributed by atoms with Crippen LogP contribution in [-0.2, 0) is 15.7 Å². The van der Waals surface area contributed by atoms with E-state index in [4.69, 9.17) is 9.47 Å². The number of alkyl halides is 3. The van der Waals surface area contributed by atoms with Crippen LogP contribution in [0.15, 0.2) is 23.3 Å². The Morgan fingerprint density at radius 2 is 2.17 bits per heavy atom. The number of carbonyl (C=O) groups is 1. The molecule has 0 unspecified atom stereocenters. The fraction of sp³-hybridized carbons (Fsp3) is 0.565. The molecule has 36 heavy (non-hydrogen) atoms. The molecule has 1 fully saturated rings. The number of nitrogens with one attached hydrogen (secondary N) is 2. The Bertz CT molecular complexity index is 1140. The van der Waals surface area contributed by atoms with Gasteiger partial charge in [0, 0.05) is 43.9 Å². The molecular formula is C23H29F3N6O4. The number of anilines is 2. The third kappa shape index (κ3) is 5.89. The highest BCUT2D eigenvalue weighted by atomic mass is 19.4. The minimum Gasteiger partial charge on any atom is -0.490 e. The van der Waals surface area contributed by atoms with Crippen LogP contribution in [0.1, 0.15) is 30.9 Å². The van der Waals surface area contributed by atoms with Gasteiger partial charge in [0.1, 0.15) is 0 Å². The predicted molar refractivity (Wildman–Crippen MR) is 125 cm³/mol. The third-order valence-electron chi connectivity index (χ3n) is 6.31. The summed E-state index contributed by atoms with van der Waals surface area (Å²) in [6, 6.07) is 0.801. The lowest BCUT2D eigenvalue weighted by molar-refractivity contribution is -0.138. The summed E-state index contributed by atoms with van der Waals surface area (Å²) in [6.07, 6.45) is -1.35. The number of hydrogen-bond acceptors (Lipinski definition) is 8. The van der Waals surface area contributed by atoms with E-state index in [1.54, 1.807) is 11.8 Å². The van der Waals surface area contributed by atoms with E-state index in [9.17, 15) is 22.8 Å². The summed E-state index contributed by atoms with van der Waals surface area (Å²) in [4.78, 5) is 32.1. The van der Waals surface area contributed by atoms with E-state index >= 15 is 0 Å². The van der Waals surface area contributed by atoms with Crippen LogP contribution in [0.5, 0.6) is 5.75 Å². The van der Waals surface area contributed by atoms with Crippen LogP contribution in [0, 0.1) is 6.92 Å². The number of aromatic amines is 1. The van der Waals surface area contributed by atoms with Gasteiger partial charge in [-0.3, -0.25) is 9.59 Å². The van der Waals surface area contributed by atoms with Gasteiger partial charge in [0.2, 0.25) is 5.91 Å². The second kappa shape index (κ2) is 10.7. The summed E-state index contributed by atoms with van der Waals surface area (Å²) in [7, 11) is 0. The Kier molecular flexibility index (Phi) is 7.67. The fourth-order valence-electron chi connectivity index (χ4n) is 4.32. The van der Waals surface area contributed by atoms with E-state index in [0.717, 1.165) is 12.3 Å². The second-order valence-corrected chi connectivity index (χ2v) is 8.98. The van der Waals surface area contributed by atoms with Crippen LogP contribution < -0.4 is 20.5 Å². The summed E-state index contributed by atoms with van der Waals surface area (Å²) < 4.78 is 50.4. The number of pyridine rings is 1. The zero-order valence-electron chi connectivity index (χ0n) is 20.1. The van der Waals surface area contributed by atoms with Crippen molar-refractivity contribution in [2.24, 2.45) is 0 Å². The zero-order valence-corrected chi connectivity index (χ0v) is 20.1. The summed E-state index contributed by atoms with van der Waals surface area (Å²) in [5.74, 6) is 0.457. The van der Waals surface area contributed by atoms with E-state index in [1.165, 1.54) is 6.20 Å². The minimum atomic E-state index is -4.49. The van der Waals surface area contributed by atoms with Crippen LogP contribution in [0.25, 0.3) is 0 Å². The molecule has 2 aromatic rings. The van der Waals surface area contributed by atoms with Gasteiger partial charge in [-0.15, -0.1) is 0 Å². The van der Waals surface area contributed by atoms with Gasteiger partial charge in [-0.1, -0.05) is 0 Å². The van der Waals surface area contributed by atoms with Gasteiger partial charge in [-0.05, 0) is 19.9 Å². The topological polar surface area (TPSA) is 113 Å². The number of nitrogens with zero attached hydrogens (tertiary/aromatic N) is 4. The molecule has 2 atom stereocenters. The second-order valence-electron chi connectivity index (χ2n) is 8.98. The Morgan fingerprint density at radius 1 is 1.36 bits per heavy atom. The van der Waals surface area contributed by atoms with E-state index in [-0.39, 0.29) is 48.9 Å². The molecule has 0 radical (unpaired) electrons. The number of piperazine rings is 1. The van der Waals surface area contributed by atoms with Crippen molar-refractivity contribution in [2.75, 3.05) is 49.7 Å². The van der Waals surface area contributed by atoms with Crippen LogP contribution in [0.3, 0.4) is 0 Å². The molecule has 1 amide bonds. The van der Waals surface area contributed by atoms with E-state index in [2.05, 4.69) is 20.5 Å². The molecule has 2 aliphatic rings. The first-order valence-corrected chi connectivity index (χ1v) is 11.8. The Labute approximate surface area is 205 Å². The van der Waals surface area contributed by atoms with Crippen LogP contribution >= 0.6 is 0 Å². The molecule has 13 heteroatoms. The van der Waals surface area contributed by atoms with Crippen molar-refractivity contribution in [1.29, 1.82) is 0 Å². The first-order chi connectivity index (χ1) is 17.1. The Balaban J connectivity index is 1.25. The molecule has 0 saturated carbocycles. The first-order valence-electron chi connectivity index (χ1n) is 11.8. The van der Waals surface area contributed by atoms with Crippen molar-refractivity contribution >= 4 is 17.4 Å². The highest BCUT2D eigenvalue weighted by Crippen LogP contribution is 2.38. The molecule has 0 aromatic carbocycles. The largest absolute Gasteiger partial charge is 0.490 e. The van der Waals surface area contributed by atoms with Gasteiger partial charge in [0.05, 0.1) is 49.7 Å². The predicted octanol–water partition coefficient (Wildman–Crippen LogP) is 2.20. The van der Waals surface area contributed by atoms with E-state index in [0.29, 0.717) is 49.7 Å². The van der Waals surface area contributed by atoms with Gasteiger partial charge < -0.3 is 24.6 Å². The fourth-order valence-corrected chi connectivity index (χ4v) is 4.32. The average Bonchev–Trinajstić information content (AvgIpc) is 3.02. The average molecular weight is 511 g/mol. The highest BCUT2D eigenvalue weighted by Gasteiger charge is 2.36. The van der Waals surface area contributed by atoms with Crippen LogP contribution in [0.2, 0.25) is 0 Å². The van der Waals surface area contributed by atoms with Crippen molar-refractivity contribution in [2.45, 2.75) is 44.9 Å². The van der Waals surface area contributed by atoms with Crippen molar-refractivity contribution in [3.8, 4) is 5.75 Å². The maximum atomic E-state index is 13.1. The van der Waals surface area contributed by atoms with E-state index < -0.39 is 11.7 Å². The quantitative estimate of drug-likeness (QED) is 0.546. The summed E-state index contributed by atoms with van der Waals surface area (Å²) >= 11 is 0. The number of ether oxygens (including phenoxy) is 2. The third-order valence-corrected chi connectivity index (χ3v) is 6.31. The number of amides is 1.